The van der Waals surface area contributed by atoms with Crippen LogP contribution in [0.1, 0.15) is 30.5 Å². The minimum absolute atomic E-state index is 0.0494. The third-order valence-corrected chi connectivity index (χ3v) is 2.06. The summed E-state index contributed by atoms with van der Waals surface area (Å²) in [7, 11) is 0. The van der Waals surface area contributed by atoms with E-state index < -0.39 is 0 Å². The van der Waals surface area contributed by atoms with Gasteiger partial charge in [-0.05, 0) is 17.5 Å². The molecule has 0 saturated heterocycles. The van der Waals surface area contributed by atoms with Crippen molar-refractivity contribution >= 4 is 0 Å². The van der Waals surface area contributed by atoms with Crippen LogP contribution in [0.3, 0.4) is 0 Å². The van der Waals surface area contributed by atoms with Gasteiger partial charge in [-0.25, -0.2) is 0 Å². The van der Waals surface area contributed by atoms with Crippen LogP contribution < -0.4 is 5.73 Å². The molecule has 0 heterocycles. The summed E-state index contributed by atoms with van der Waals surface area (Å²) in [6.07, 6.45) is 0.900. The third kappa shape index (κ3) is 1.84. The topological polar surface area (TPSA) is 46.2 Å². The number of rotatable bonds is 3. The lowest BCUT2D eigenvalue weighted by Gasteiger charge is -2.12. The Bertz CT molecular complexity index is 247. The minimum atomic E-state index is 0.0494. The van der Waals surface area contributed by atoms with Crippen molar-refractivity contribution in [1.29, 1.82) is 0 Å². The van der Waals surface area contributed by atoms with Crippen LogP contribution in [-0.2, 0) is 6.61 Å². The fourth-order valence-electron chi connectivity index (χ4n) is 1.26. The van der Waals surface area contributed by atoms with E-state index in [9.17, 15) is 0 Å². The van der Waals surface area contributed by atoms with Gasteiger partial charge in [0.05, 0.1) is 6.61 Å². The fraction of sp³-hybridized carbons (Fsp3) is 0.400. The average molecular weight is 165 g/mol. The van der Waals surface area contributed by atoms with Crippen LogP contribution in [0.2, 0.25) is 0 Å². The lowest BCUT2D eigenvalue weighted by molar-refractivity contribution is 0.280. The Morgan fingerprint density at radius 2 is 2.08 bits per heavy atom. The first kappa shape index (κ1) is 9.23. The predicted octanol–water partition coefficient (Wildman–Crippen LogP) is 1.59. The number of hydrogen-bond acceptors (Lipinski definition) is 2. The Labute approximate surface area is 73.0 Å². The maximum Gasteiger partial charge on any atom is 0.0685 e. The highest BCUT2D eigenvalue weighted by atomic mass is 16.3. The first-order chi connectivity index (χ1) is 5.79. The molecule has 0 bridgehead atoms. The molecule has 12 heavy (non-hydrogen) atoms. The van der Waals surface area contributed by atoms with Crippen LogP contribution >= 0.6 is 0 Å². The van der Waals surface area contributed by atoms with E-state index in [0.29, 0.717) is 0 Å². The van der Waals surface area contributed by atoms with Crippen molar-refractivity contribution in [2.45, 2.75) is 26.0 Å². The Morgan fingerprint density at radius 3 is 2.67 bits per heavy atom. The Morgan fingerprint density at radius 1 is 1.42 bits per heavy atom. The summed E-state index contributed by atoms with van der Waals surface area (Å²) in [5.74, 6) is 0. The molecule has 2 heteroatoms. The summed E-state index contributed by atoms with van der Waals surface area (Å²) in [5, 5.41) is 9.01. The predicted molar refractivity (Wildman–Crippen MR) is 49.6 cm³/mol. The van der Waals surface area contributed by atoms with Crippen LogP contribution in [0.5, 0.6) is 0 Å². The van der Waals surface area contributed by atoms with Gasteiger partial charge in [-0.2, -0.15) is 0 Å². The van der Waals surface area contributed by atoms with Gasteiger partial charge in [-0.1, -0.05) is 31.2 Å². The molecule has 0 amide bonds. The maximum atomic E-state index is 9.01. The van der Waals surface area contributed by atoms with E-state index in [0.717, 1.165) is 17.5 Å². The number of aliphatic hydroxyl groups excluding tert-OH is 1. The maximum absolute atomic E-state index is 9.01. The van der Waals surface area contributed by atoms with Crippen molar-refractivity contribution in [2.24, 2.45) is 5.73 Å². The molecule has 2 nitrogen and oxygen atoms in total. The van der Waals surface area contributed by atoms with Crippen LogP contribution in [0.4, 0.5) is 0 Å². The average Bonchev–Trinajstić information content (AvgIpc) is 2.16. The largest absolute Gasteiger partial charge is 0.392 e. The van der Waals surface area contributed by atoms with Gasteiger partial charge in [0.2, 0.25) is 0 Å². The molecule has 0 aromatic heterocycles. The first-order valence-electron chi connectivity index (χ1n) is 4.23. The van der Waals surface area contributed by atoms with Gasteiger partial charge < -0.3 is 10.8 Å². The number of aliphatic hydroxyl groups is 1. The standard InChI is InChI=1S/C10H15NO/c1-2-10(11)9-6-4-3-5-8(9)7-12/h3-6,10,12H,2,7,11H2,1H3. The molecule has 0 fully saturated rings. The van der Waals surface area contributed by atoms with E-state index in [1.807, 2.05) is 31.2 Å². The quantitative estimate of drug-likeness (QED) is 0.714. The second-order valence-corrected chi connectivity index (χ2v) is 2.87. The van der Waals surface area contributed by atoms with E-state index in [4.69, 9.17) is 10.8 Å². The van der Waals surface area contributed by atoms with Crippen LogP contribution in [0, 0.1) is 0 Å². The Hall–Kier alpha value is -0.860. The van der Waals surface area contributed by atoms with Crippen molar-refractivity contribution in [3.63, 3.8) is 0 Å². The van der Waals surface area contributed by atoms with Crippen molar-refractivity contribution < 1.29 is 5.11 Å². The fourth-order valence-corrected chi connectivity index (χ4v) is 1.26. The Balaban J connectivity index is 2.96. The molecule has 1 unspecified atom stereocenters. The van der Waals surface area contributed by atoms with Gasteiger partial charge in [0, 0.05) is 6.04 Å². The monoisotopic (exact) mass is 165 g/mol. The van der Waals surface area contributed by atoms with E-state index in [1.165, 1.54) is 0 Å². The molecular formula is C10H15NO. The highest BCUT2D eigenvalue weighted by Crippen LogP contribution is 2.18. The molecule has 1 atom stereocenters. The zero-order valence-electron chi connectivity index (χ0n) is 7.33. The summed E-state index contributed by atoms with van der Waals surface area (Å²) in [6, 6.07) is 7.79. The summed E-state index contributed by atoms with van der Waals surface area (Å²) in [4.78, 5) is 0. The smallest absolute Gasteiger partial charge is 0.0685 e. The van der Waals surface area contributed by atoms with E-state index in [-0.39, 0.29) is 12.6 Å². The van der Waals surface area contributed by atoms with Crippen molar-refractivity contribution in [1.82, 2.24) is 0 Å². The highest BCUT2D eigenvalue weighted by molar-refractivity contribution is 5.28. The second-order valence-electron chi connectivity index (χ2n) is 2.87. The second kappa shape index (κ2) is 4.24. The van der Waals surface area contributed by atoms with Gasteiger partial charge in [0.1, 0.15) is 0 Å². The first-order valence-corrected chi connectivity index (χ1v) is 4.23. The number of hydrogen-bond donors (Lipinski definition) is 2. The molecule has 1 rings (SSSR count). The third-order valence-electron chi connectivity index (χ3n) is 2.06. The lowest BCUT2D eigenvalue weighted by atomic mass is 10.00. The van der Waals surface area contributed by atoms with Crippen LogP contribution in [0.15, 0.2) is 24.3 Å². The molecule has 3 N–H and O–H groups in total. The van der Waals surface area contributed by atoms with Crippen molar-refractivity contribution in [2.75, 3.05) is 0 Å². The molecule has 66 valence electrons. The number of benzene rings is 1. The van der Waals surface area contributed by atoms with Crippen molar-refractivity contribution in [3.05, 3.63) is 35.4 Å². The highest BCUT2D eigenvalue weighted by Gasteiger charge is 2.06. The molecule has 0 aliphatic carbocycles. The molecule has 0 aliphatic rings. The molecule has 1 aromatic carbocycles. The molecule has 0 spiro atoms. The molecule has 0 aliphatic heterocycles. The summed E-state index contributed by atoms with van der Waals surface area (Å²) in [5.41, 5.74) is 7.85. The zero-order chi connectivity index (χ0) is 8.97. The molecular weight excluding hydrogens is 150 g/mol. The zero-order valence-corrected chi connectivity index (χ0v) is 7.33. The van der Waals surface area contributed by atoms with Crippen LogP contribution in [0.25, 0.3) is 0 Å². The molecule has 0 radical (unpaired) electrons. The van der Waals surface area contributed by atoms with Gasteiger partial charge in [0.15, 0.2) is 0 Å². The lowest BCUT2D eigenvalue weighted by Crippen LogP contribution is -2.11. The SMILES string of the molecule is CCC(N)c1ccccc1CO. The van der Waals surface area contributed by atoms with E-state index >= 15 is 0 Å². The summed E-state index contributed by atoms with van der Waals surface area (Å²) < 4.78 is 0. The molecule has 0 saturated carbocycles. The number of nitrogens with two attached hydrogens (primary N) is 1. The van der Waals surface area contributed by atoms with Gasteiger partial charge in [-0.3, -0.25) is 0 Å². The van der Waals surface area contributed by atoms with E-state index in [1.54, 1.807) is 0 Å². The summed E-state index contributed by atoms with van der Waals surface area (Å²) in [6.45, 7) is 2.11. The van der Waals surface area contributed by atoms with Crippen molar-refractivity contribution in [3.8, 4) is 0 Å². The van der Waals surface area contributed by atoms with Crippen LogP contribution in [-0.4, -0.2) is 5.11 Å². The van der Waals surface area contributed by atoms with E-state index in [2.05, 4.69) is 0 Å². The Kier molecular flexibility index (Phi) is 3.26. The normalized spacial score (nSPS) is 12.9. The summed E-state index contributed by atoms with van der Waals surface area (Å²) >= 11 is 0. The van der Waals surface area contributed by atoms with Gasteiger partial charge >= 0.3 is 0 Å². The van der Waals surface area contributed by atoms with Gasteiger partial charge in [0.25, 0.3) is 0 Å². The molecule has 1 aromatic rings. The van der Waals surface area contributed by atoms with Gasteiger partial charge in [-0.15, -0.1) is 0 Å². The minimum Gasteiger partial charge on any atom is -0.392 e.